The van der Waals surface area contributed by atoms with Crippen LogP contribution in [-0.2, 0) is 20.8 Å². The summed E-state index contributed by atoms with van der Waals surface area (Å²) in [6.45, 7) is 6.21. The first-order chi connectivity index (χ1) is 11.3. The number of ether oxygens (including phenoxy) is 3. The van der Waals surface area contributed by atoms with E-state index in [1.165, 1.54) is 6.42 Å². The number of methoxy groups -OCH3 is 1. The van der Waals surface area contributed by atoms with Crippen LogP contribution in [0, 0.1) is 5.41 Å². The van der Waals surface area contributed by atoms with Crippen molar-refractivity contribution in [3.63, 3.8) is 0 Å². The lowest BCUT2D eigenvalue weighted by molar-refractivity contribution is -0.155. The highest BCUT2D eigenvalue weighted by molar-refractivity contribution is 5.07. The normalized spacial score (nSPS) is 28.5. The molecule has 5 heteroatoms. The lowest BCUT2D eigenvalue weighted by Gasteiger charge is -2.50. The van der Waals surface area contributed by atoms with Gasteiger partial charge in [0.1, 0.15) is 0 Å². The smallest absolute Gasteiger partial charge is 0.0732 e. The van der Waals surface area contributed by atoms with E-state index in [2.05, 4.69) is 16.0 Å². The van der Waals surface area contributed by atoms with Crippen LogP contribution in [0.4, 0.5) is 0 Å². The lowest BCUT2D eigenvalue weighted by atomic mass is 9.73. The molecule has 0 radical (unpaired) electrons. The molecule has 5 nitrogen and oxygen atoms in total. The van der Waals surface area contributed by atoms with Gasteiger partial charge in [0.2, 0.25) is 0 Å². The van der Waals surface area contributed by atoms with Gasteiger partial charge in [-0.1, -0.05) is 6.07 Å². The average Bonchev–Trinajstić information content (AvgIpc) is 2.60. The van der Waals surface area contributed by atoms with E-state index in [4.69, 9.17) is 14.2 Å². The van der Waals surface area contributed by atoms with E-state index in [1.807, 2.05) is 12.3 Å². The fraction of sp³-hybridized carbons (Fsp3) is 0.722. The van der Waals surface area contributed by atoms with E-state index in [0.29, 0.717) is 12.7 Å². The second kappa shape index (κ2) is 8.20. The molecule has 2 fully saturated rings. The van der Waals surface area contributed by atoms with Gasteiger partial charge >= 0.3 is 0 Å². The summed E-state index contributed by atoms with van der Waals surface area (Å²) in [7, 11) is 1.77. The number of piperidine rings is 1. The molecule has 0 saturated carbocycles. The van der Waals surface area contributed by atoms with E-state index in [-0.39, 0.29) is 5.41 Å². The van der Waals surface area contributed by atoms with Crippen molar-refractivity contribution in [3.05, 3.63) is 30.1 Å². The summed E-state index contributed by atoms with van der Waals surface area (Å²) in [5.74, 6) is 0. The Morgan fingerprint density at radius 1 is 1.48 bits per heavy atom. The highest BCUT2D eigenvalue weighted by Gasteiger charge is 2.45. The molecular formula is C18H28N2O3. The standard InChI is InChI=1S/C18H28N2O3/c1-21-11-9-20-8-5-17-18(14-20,6-3-10-23-17)15-22-13-16-4-2-7-19-12-16/h2,4,7,12,17H,3,5-6,8-11,13-15H2,1H3/t17-,18+/m1/s1. The molecule has 2 aliphatic rings. The summed E-state index contributed by atoms with van der Waals surface area (Å²) >= 11 is 0. The van der Waals surface area contributed by atoms with Crippen molar-refractivity contribution in [2.45, 2.75) is 32.0 Å². The van der Waals surface area contributed by atoms with E-state index in [1.54, 1.807) is 13.3 Å². The number of hydrogen-bond donors (Lipinski definition) is 0. The van der Waals surface area contributed by atoms with Gasteiger partial charge < -0.3 is 19.1 Å². The maximum Gasteiger partial charge on any atom is 0.0732 e. The van der Waals surface area contributed by atoms with Crippen molar-refractivity contribution in [2.24, 2.45) is 5.41 Å². The monoisotopic (exact) mass is 320 g/mol. The minimum Gasteiger partial charge on any atom is -0.383 e. The Hall–Kier alpha value is -1.01. The number of fused-ring (bicyclic) bond motifs is 1. The van der Waals surface area contributed by atoms with Gasteiger partial charge in [-0.15, -0.1) is 0 Å². The molecule has 0 spiro atoms. The zero-order valence-corrected chi connectivity index (χ0v) is 14.1. The Labute approximate surface area is 138 Å². The Morgan fingerprint density at radius 3 is 3.26 bits per heavy atom. The van der Waals surface area contributed by atoms with E-state index in [9.17, 15) is 0 Å². The van der Waals surface area contributed by atoms with Crippen molar-refractivity contribution in [1.82, 2.24) is 9.88 Å². The summed E-state index contributed by atoms with van der Waals surface area (Å²) in [6.07, 6.45) is 7.42. The lowest BCUT2D eigenvalue weighted by Crippen LogP contribution is -2.57. The summed E-state index contributed by atoms with van der Waals surface area (Å²) < 4.78 is 17.4. The van der Waals surface area contributed by atoms with Crippen molar-refractivity contribution in [2.75, 3.05) is 46.6 Å². The van der Waals surface area contributed by atoms with Crippen molar-refractivity contribution in [1.29, 1.82) is 0 Å². The molecule has 1 aromatic heterocycles. The summed E-state index contributed by atoms with van der Waals surface area (Å²) in [5.41, 5.74) is 1.26. The molecule has 2 atom stereocenters. The molecule has 0 unspecified atom stereocenters. The zero-order valence-electron chi connectivity index (χ0n) is 14.1. The fourth-order valence-electron chi connectivity index (χ4n) is 3.86. The van der Waals surface area contributed by atoms with Gasteiger partial charge in [0.25, 0.3) is 0 Å². The maximum atomic E-state index is 6.09. The van der Waals surface area contributed by atoms with Gasteiger partial charge in [-0.25, -0.2) is 0 Å². The number of rotatable bonds is 7. The molecule has 128 valence electrons. The SMILES string of the molecule is COCCN1CC[C@H]2OCCC[C@@]2(COCc2cccnc2)C1. The Bertz CT molecular complexity index is 471. The maximum absolute atomic E-state index is 6.09. The van der Waals surface area contributed by atoms with E-state index < -0.39 is 0 Å². The van der Waals surface area contributed by atoms with Crippen LogP contribution in [0.2, 0.25) is 0 Å². The summed E-state index contributed by atoms with van der Waals surface area (Å²) in [6, 6.07) is 4.02. The van der Waals surface area contributed by atoms with Crippen LogP contribution >= 0.6 is 0 Å². The third kappa shape index (κ3) is 4.29. The molecule has 0 aliphatic carbocycles. The van der Waals surface area contributed by atoms with E-state index in [0.717, 1.165) is 57.9 Å². The van der Waals surface area contributed by atoms with Gasteiger partial charge in [0.05, 0.1) is 25.9 Å². The van der Waals surface area contributed by atoms with Crippen LogP contribution in [0.25, 0.3) is 0 Å². The van der Waals surface area contributed by atoms with Gasteiger partial charge in [0, 0.05) is 51.2 Å². The average molecular weight is 320 g/mol. The number of likely N-dealkylation sites (tertiary alicyclic amines) is 1. The molecular weight excluding hydrogens is 292 g/mol. The largest absolute Gasteiger partial charge is 0.383 e. The number of aromatic nitrogens is 1. The highest BCUT2D eigenvalue weighted by Crippen LogP contribution is 2.40. The van der Waals surface area contributed by atoms with Crippen LogP contribution < -0.4 is 0 Å². The molecule has 3 rings (SSSR count). The van der Waals surface area contributed by atoms with Gasteiger partial charge in [-0.05, 0) is 30.9 Å². The highest BCUT2D eigenvalue weighted by atomic mass is 16.5. The molecule has 3 heterocycles. The first-order valence-corrected chi connectivity index (χ1v) is 8.62. The second-order valence-electron chi connectivity index (χ2n) is 6.74. The minimum absolute atomic E-state index is 0.131. The predicted molar refractivity (Wildman–Crippen MR) is 88.2 cm³/mol. The third-order valence-corrected chi connectivity index (χ3v) is 5.06. The molecule has 2 saturated heterocycles. The third-order valence-electron chi connectivity index (χ3n) is 5.06. The number of hydrogen-bond acceptors (Lipinski definition) is 5. The van der Waals surface area contributed by atoms with Crippen molar-refractivity contribution < 1.29 is 14.2 Å². The van der Waals surface area contributed by atoms with Crippen molar-refractivity contribution in [3.8, 4) is 0 Å². The molecule has 0 amide bonds. The minimum atomic E-state index is 0.131. The second-order valence-corrected chi connectivity index (χ2v) is 6.74. The zero-order chi connectivity index (χ0) is 16.0. The van der Waals surface area contributed by atoms with Gasteiger partial charge in [-0.3, -0.25) is 4.98 Å². The topological polar surface area (TPSA) is 43.8 Å². The van der Waals surface area contributed by atoms with Crippen molar-refractivity contribution >= 4 is 0 Å². The summed E-state index contributed by atoms with van der Waals surface area (Å²) in [5, 5.41) is 0. The van der Waals surface area contributed by atoms with Crippen LogP contribution in [-0.4, -0.2) is 62.6 Å². The molecule has 0 bridgehead atoms. The van der Waals surface area contributed by atoms with E-state index >= 15 is 0 Å². The van der Waals surface area contributed by atoms with Crippen LogP contribution in [0.5, 0.6) is 0 Å². The number of pyridine rings is 1. The van der Waals surface area contributed by atoms with Gasteiger partial charge in [-0.2, -0.15) is 0 Å². The Kier molecular flexibility index (Phi) is 6.00. The predicted octanol–water partition coefficient (Wildman–Crippen LogP) is 2.12. The van der Waals surface area contributed by atoms with Crippen LogP contribution in [0.15, 0.2) is 24.5 Å². The molecule has 0 N–H and O–H groups in total. The van der Waals surface area contributed by atoms with Crippen LogP contribution in [0.1, 0.15) is 24.8 Å². The molecule has 0 aromatic carbocycles. The molecule has 23 heavy (non-hydrogen) atoms. The molecule has 2 aliphatic heterocycles. The summed E-state index contributed by atoms with van der Waals surface area (Å²) in [4.78, 5) is 6.65. The first-order valence-electron chi connectivity index (χ1n) is 8.62. The Balaban J connectivity index is 1.59. The van der Waals surface area contributed by atoms with Gasteiger partial charge in [0.15, 0.2) is 0 Å². The van der Waals surface area contributed by atoms with Crippen LogP contribution in [0.3, 0.4) is 0 Å². The Morgan fingerprint density at radius 2 is 2.43 bits per heavy atom. The molecule has 1 aromatic rings. The number of nitrogens with zero attached hydrogens (tertiary/aromatic N) is 2. The first kappa shape index (κ1) is 16.8. The quantitative estimate of drug-likeness (QED) is 0.770. The fourth-order valence-corrected chi connectivity index (χ4v) is 3.86.